The fraction of sp³-hybridized carbons (Fsp3) is 0.458. The smallest absolute Gasteiger partial charge is 0.254 e. The Morgan fingerprint density at radius 2 is 1.77 bits per heavy atom. The third-order valence-corrected chi connectivity index (χ3v) is 11.9. The van der Waals surface area contributed by atoms with Crippen molar-refractivity contribution in [2.45, 2.75) is 83.0 Å². The molecule has 318 valence electrons. The van der Waals surface area contributed by atoms with E-state index in [1.165, 1.54) is 7.11 Å². The second-order valence-electron chi connectivity index (χ2n) is 15.5. The maximum absolute atomic E-state index is 14.8. The van der Waals surface area contributed by atoms with Gasteiger partial charge < -0.3 is 38.9 Å². The van der Waals surface area contributed by atoms with E-state index in [2.05, 4.69) is 18.7 Å². The number of nitriles is 1. The van der Waals surface area contributed by atoms with Crippen molar-refractivity contribution in [3.05, 3.63) is 107 Å². The Bertz CT molecular complexity index is 2080. The third kappa shape index (κ3) is 9.14. The number of carbonyl (C=O) groups is 2. The summed E-state index contributed by atoms with van der Waals surface area (Å²) < 4.78 is 26.2. The van der Waals surface area contributed by atoms with Gasteiger partial charge in [-0.15, -0.1) is 6.58 Å². The number of carbonyl (C=O) groups excluding carboxylic acids is 2. The van der Waals surface area contributed by atoms with Gasteiger partial charge in [0.2, 0.25) is 5.79 Å². The van der Waals surface area contributed by atoms with Crippen LogP contribution in [0.15, 0.2) is 90.1 Å². The van der Waals surface area contributed by atoms with E-state index in [0.717, 1.165) is 43.1 Å². The molecular weight excluding hydrogens is 763 g/mol. The molecule has 3 aromatic rings. The Kier molecular flexibility index (Phi) is 15.2. The normalized spacial score (nSPS) is 23.2. The lowest BCUT2D eigenvalue weighted by Crippen LogP contribution is -2.70. The number of allylic oxidation sites excluding steroid dienone is 1. The molecule has 1 fully saturated rings. The zero-order chi connectivity index (χ0) is 42.6. The summed E-state index contributed by atoms with van der Waals surface area (Å²) >= 11 is 0. The van der Waals surface area contributed by atoms with E-state index in [4.69, 9.17) is 28.9 Å². The molecular formula is C48H57N3O9. The van der Waals surface area contributed by atoms with Crippen LogP contribution in [0.5, 0.6) is 23.0 Å². The van der Waals surface area contributed by atoms with E-state index in [1.807, 2.05) is 36.9 Å². The molecule has 60 heavy (non-hydrogen) atoms. The Labute approximate surface area is 353 Å². The summed E-state index contributed by atoms with van der Waals surface area (Å²) in [4.78, 5) is 34.4. The Morgan fingerprint density at radius 1 is 1.03 bits per heavy atom. The van der Waals surface area contributed by atoms with Gasteiger partial charge in [0.25, 0.3) is 5.91 Å². The van der Waals surface area contributed by atoms with Crippen LogP contribution in [0.3, 0.4) is 0 Å². The molecule has 12 nitrogen and oxygen atoms in total. The molecule has 0 unspecified atom stereocenters. The number of unbranched alkanes of at least 4 members (excludes halogenated alkanes) is 2. The predicted molar refractivity (Wildman–Crippen MR) is 228 cm³/mol. The lowest BCUT2D eigenvalue weighted by atomic mass is 9.55. The van der Waals surface area contributed by atoms with Gasteiger partial charge in [-0.05, 0) is 117 Å². The van der Waals surface area contributed by atoms with Crippen molar-refractivity contribution >= 4 is 17.9 Å². The number of amides is 1. The van der Waals surface area contributed by atoms with Crippen LogP contribution < -0.4 is 14.2 Å². The van der Waals surface area contributed by atoms with Crippen LogP contribution >= 0.6 is 0 Å². The van der Waals surface area contributed by atoms with Crippen molar-refractivity contribution in [1.29, 1.82) is 5.26 Å². The molecule has 3 aliphatic rings. The van der Waals surface area contributed by atoms with Crippen molar-refractivity contribution in [2.24, 2.45) is 22.9 Å². The van der Waals surface area contributed by atoms with E-state index in [9.17, 15) is 25.1 Å². The highest BCUT2D eigenvalue weighted by Crippen LogP contribution is 2.62. The number of hydrogen-bond acceptors (Lipinski definition) is 11. The molecule has 0 radical (unpaired) electrons. The van der Waals surface area contributed by atoms with Crippen LogP contribution in [0, 0.1) is 29.1 Å². The van der Waals surface area contributed by atoms with E-state index < -0.39 is 17.7 Å². The fourth-order valence-corrected chi connectivity index (χ4v) is 9.35. The van der Waals surface area contributed by atoms with Crippen LogP contribution in [0.2, 0.25) is 0 Å². The maximum Gasteiger partial charge on any atom is 0.254 e. The number of aliphatic hydroxyl groups is 2. The molecule has 6 atom stereocenters. The first kappa shape index (κ1) is 44.1. The van der Waals surface area contributed by atoms with Crippen LogP contribution in [-0.4, -0.2) is 84.9 Å². The minimum Gasteiger partial charge on any atom is -0.496 e. The lowest BCUT2D eigenvalue weighted by Gasteiger charge is -2.60. The van der Waals surface area contributed by atoms with Crippen LogP contribution in [0.1, 0.15) is 103 Å². The number of oxime groups is 1. The van der Waals surface area contributed by atoms with Crippen molar-refractivity contribution < 1.29 is 43.6 Å². The van der Waals surface area contributed by atoms with Gasteiger partial charge in [-0.25, -0.2) is 0 Å². The SMILES string of the molecule is C=CCO[C@@]12Oc3ccc(Oc4ccc(OC)c(C=O)c4)cc3[C@H]3[C@H](CCCCO)[C@@H](CCCCO)C=C(C(=NOCC)C[C@@H]1N(CCC)C(=O)c1ccc(C#N)cc1)[C@H]32. The topological polar surface area (TPSA) is 160 Å². The van der Waals surface area contributed by atoms with Gasteiger partial charge in [-0.3, -0.25) is 9.59 Å². The molecule has 6 rings (SSSR count). The summed E-state index contributed by atoms with van der Waals surface area (Å²) in [5.74, 6) is -0.242. The number of benzene rings is 3. The molecule has 1 heterocycles. The van der Waals surface area contributed by atoms with Gasteiger partial charge in [0.15, 0.2) is 6.29 Å². The average molecular weight is 820 g/mol. The average Bonchev–Trinajstić information content (AvgIpc) is 3.27. The molecule has 0 spiro atoms. The zero-order valence-corrected chi connectivity index (χ0v) is 34.9. The van der Waals surface area contributed by atoms with Gasteiger partial charge >= 0.3 is 0 Å². The number of hydrogen-bond donors (Lipinski definition) is 2. The lowest BCUT2D eigenvalue weighted by molar-refractivity contribution is -0.254. The van der Waals surface area contributed by atoms with E-state index >= 15 is 0 Å². The van der Waals surface area contributed by atoms with E-state index in [-0.39, 0.29) is 49.9 Å². The molecule has 2 N–H and O–H groups in total. The third-order valence-electron chi connectivity index (χ3n) is 11.9. The Hall–Kier alpha value is -5.48. The Balaban J connectivity index is 1.59. The van der Waals surface area contributed by atoms with Gasteiger partial charge in [-0.2, -0.15) is 5.26 Å². The standard InChI is InChI=1S/C48H57N3O9/c1-5-22-51(47(55)33-16-14-32(30-49)15-17-33)44-29-41(50-58-7-3)39-27-34(12-8-10-23-52)38(13-9-11-24-53)45-40-28-37(59-36-18-20-42(56-4)35(26-36)31-54)19-21-43(40)60-48(44,46(39)45)57-25-6-2/h6,14-21,26-28,31,34,38,44-46,52-53H,2,5,7-13,22-25,29H2,1,3-4H3/t34-,38+,44-,45+,46+,48+/m0/s1. The van der Waals surface area contributed by atoms with Crippen molar-refractivity contribution in [3.8, 4) is 29.1 Å². The maximum atomic E-state index is 14.8. The van der Waals surface area contributed by atoms with Crippen molar-refractivity contribution in [1.82, 2.24) is 4.90 Å². The van der Waals surface area contributed by atoms with E-state index in [0.29, 0.717) is 77.8 Å². The molecule has 1 amide bonds. The van der Waals surface area contributed by atoms with Crippen LogP contribution in [-0.2, 0) is 9.57 Å². The van der Waals surface area contributed by atoms with Gasteiger partial charge in [-0.1, -0.05) is 37.1 Å². The second kappa shape index (κ2) is 20.7. The van der Waals surface area contributed by atoms with Crippen LogP contribution in [0.25, 0.3) is 0 Å². The molecule has 12 heteroatoms. The number of aldehydes is 1. The van der Waals surface area contributed by atoms with Crippen molar-refractivity contribution in [3.63, 3.8) is 0 Å². The summed E-state index contributed by atoms with van der Waals surface area (Å²) in [7, 11) is 1.51. The highest BCUT2D eigenvalue weighted by atomic mass is 16.7. The first-order chi connectivity index (χ1) is 29.3. The minimum atomic E-state index is -1.41. The van der Waals surface area contributed by atoms with Gasteiger partial charge in [0.05, 0.1) is 42.5 Å². The monoisotopic (exact) mass is 819 g/mol. The van der Waals surface area contributed by atoms with Crippen molar-refractivity contribution in [2.75, 3.05) is 40.1 Å². The Morgan fingerprint density at radius 3 is 2.43 bits per heavy atom. The minimum absolute atomic E-state index is 0.0252. The highest BCUT2D eigenvalue weighted by Gasteiger charge is 2.65. The molecule has 1 saturated carbocycles. The first-order valence-corrected chi connectivity index (χ1v) is 21.1. The zero-order valence-electron chi connectivity index (χ0n) is 34.9. The largest absolute Gasteiger partial charge is 0.496 e. The number of methoxy groups -OCH3 is 1. The summed E-state index contributed by atoms with van der Waals surface area (Å²) in [5, 5.41) is 34.1. The molecule has 2 aliphatic carbocycles. The molecule has 3 aromatic carbocycles. The molecule has 0 aromatic heterocycles. The number of rotatable bonds is 21. The molecule has 1 aliphatic heterocycles. The molecule has 0 bridgehead atoms. The quantitative estimate of drug-likeness (QED) is 0.0463. The van der Waals surface area contributed by atoms with Gasteiger partial charge in [0, 0.05) is 43.2 Å². The highest BCUT2D eigenvalue weighted by molar-refractivity contribution is 6.03. The number of aliphatic hydroxyl groups excluding tert-OH is 2. The summed E-state index contributed by atoms with van der Waals surface area (Å²) in [6.07, 6.45) is 10.1. The van der Waals surface area contributed by atoms with Crippen LogP contribution in [0.4, 0.5) is 0 Å². The summed E-state index contributed by atoms with van der Waals surface area (Å²) in [6, 6.07) is 18.9. The van der Waals surface area contributed by atoms with Gasteiger partial charge in [0.1, 0.15) is 35.6 Å². The number of nitrogens with zero attached hydrogens (tertiary/aromatic N) is 3. The second-order valence-corrected chi connectivity index (χ2v) is 15.5. The summed E-state index contributed by atoms with van der Waals surface area (Å²) in [5.41, 5.74) is 3.80. The number of fused-ring (bicyclic) bond motifs is 2. The fourth-order valence-electron chi connectivity index (χ4n) is 9.35. The number of ether oxygens (including phenoxy) is 4. The van der Waals surface area contributed by atoms with E-state index in [1.54, 1.807) is 48.5 Å². The molecule has 0 saturated heterocycles. The first-order valence-electron chi connectivity index (χ1n) is 21.1. The summed E-state index contributed by atoms with van der Waals surface area (Å²) in [6.45, 7) is 8.96. The predicted octanol–water partition coefficient (Wildman–Crippen LogP) is 8.38.